The van der Waals surface area contributed by atoms with E-state index in [4.69, 9.17) is 27.8 Å². The quantitative estimate of drug-likeness (QED) is 0.0679. The Bertz CT molecular complexity index is 2380. The molecular formula is C50H70N8O13S2. The Morgan fingerprint density at radius 3 is 1.64 bits per heavy atom. The second-order valence-corrected chi connectivity index (χ2v) is 20.7. The average Bonchev–Trinajstić information content (AvgIpc) is 4.18. The minimum atomic E-state index is -1.27. The highest BCUT2D eigenvalue weighted by atomic mass is 32.2. The predicted octanol–water partition coefficient (Wildman–Crippen LogP) is 5.01. The third-order valence-corrected chi connectivity index (χ3v) is 13.0. The number of ether oxygens (including phenoxy) is 4. The van der Waals surface area contributed by atoms with Gasteiger partial charge in [0.05, 0.1) is 25.9 Å². The lowest BCUT2D eigenvalue weighted by Crippen LogP contribution is -2.53. The minimum Gasteiger partial charge on any atom is -0.473 e. The van der Waals surface area contributed by atoms with Crippen LogP contribution >= 0.6 is 24.4 Å². The number of thiol groups is 1. The maximum atomic E-state index is 13.2. The van der Waals surface area contributed by atoms with E-state index >= 15 is 0 Å². The summed E-state index contributed by atoms with van der Waals surface area (Å²) in [4.78, 5) is 107. The third kappa shape index (κ3) is 17.6. The Morgan fingerprint density at radius 2 is 1.19 bits per heavy atom. The van der Waals surface area contributed by atoms with Crippen LogP contribution in [0.1, 0.15) is 136 Å². The molecule has 0 radical (unpaired) electrons. The van der Waals surface area contributed by atoms with Crippen LogP contribution in [-0.2, 0) is 65.6 Å². The molecule has 0 aliphatic carbocycles. The summed E-state index contributed by atoms with van der Waals surface area (Å²) < 4.78 is 33.3. The van der Waals surface area contributed by atoms with Crippen LogP contribution in [0.25, 0.3) is 0 Å². The van der Waals surface area contributed by atoms with Crippen LogP contribution in [0.5, 0.6) is 0 Å². The number of nitrogens with one attached hydrogen (secondary N) is 4. The van der Waals surface area contributed by atoms with Crippen molar-refractivity contribution >= 4 is 76.9 Å². The van der Waals surface area contributed by atoms with Crippen LogP contribution < -0.4 is 21.3 Å². The van der Waals surface area contributed by atoms with Gasteiger partial charge in [-0.25, -0.2) is 29.5 Å². The van der Waals surface area contributed by atoms with Gasteiger partial charge in [-0.3, -0.25) is 24.0 Å². The van der Waals surface area contributed by atoms with Gasteiger partial charge in [0, 0.05) is 12.2 Å². The molecule has 8 bridgehead atoms. The number of aromatic nitrogens is 2. The average molecular weight is 1060 g/mol. The van der Waals surface area contributed by atoms with E-state index < -0.39 is 59.1 Å². The largest absolute Gasteiger partial charge is 0.473 e. The van der Waals surface area contributed by atoms with Crippen LogP contribution in [0.4, 0.5) is 0 Å². The highest BCUT2D eigenvalue weighted by Crippen LogP contribution is 2.25. The number of aliphatic imine (C=N–C) groups is 2. The lowest BCUT2D eigenvalue weighted by atomic mass is 10.00. The Labute approximate surface area is 435 Å². The van der Waals surface area contributed by atoms with E-state index in [1.807, 2.05) is 6.08 Å². The van der Waals surface area contributed by atoms with Crippen molar-refractivity contribution < 1.29 is 61.3 Å². The van der Waals surface area contributed by atoms with E-state index in [0.717, 1.165) is 19.3 Å². The number of rotatable bonds is 15. The van der Waals surface area contributed by atoms with Crippen LogP contribution in [0, 0.1) is 11.8 Å². The summed E-state index contributed by atoms with van der Waals surface area (Å²) in [5.41, 5.74) is -1.87. The summed E-state index contributed by atoms with van der Waals surface area (Å²) in [5.74, 6) is -1.51. The van der Waals surface area contributed by atoms with Crippen molar-refractivity contribution in [3.8, 4) is 0 Å². The molecule has 4 amide bonds. The first-order chi connectivity index (χ1) is 34.8. The van der Waals surface area contributed by atoms with Gasteiger partial charge in [0.25, 0.3) is 11.8 Å². The maximum Gasteiger partial charge on any atom is 0.329 e. The molecule has 4 aliphatic rings. The van der Waals surface area contributed by atoms with Gasteiger partial charge in [-0.05, 0) is 62.9 Å². The zero-order valence-electron chi connectivity index (χ0n) is 42.7. The van der Waals surface area contributed by atoms with E-state index in [9.17, 15) is 33.6 Å². The summed E-state index contributed by atoms with van der Waals surface area (Å²) in [6.45, 7) is 12.6. The number of oxazole rings is 2. The van der Waals surface area contributed by atoms with E-state index in [1.54, 1.807) is 59.8 Å². The topological polar surface area (TPSA) is 281 Å². The molecule has 4 aliphatic heterocycles. The fraction of sp³-hybridized carbons (Fsp3) is 0.620. The minimum absolute atomic E-state index is 0.0119. The molecule has 2 aromatic heterocycles. The first-order valence-corrected chi connectivity index (χ1v) is 26.5. The van der Waals surface area contributed by atoms with Crippen molar-refractivity contribution in [3.05, 3.63) is 60.0 Å². The second-order valence-electron chi connectivity index (χ2n) is 19.1. The van der Waals surface area contributed by atoms with Crippen molar-refractivity contribution in [1.82, 2.24) is 31.2 Å². The van der Waals surface area contributed by atoms with Crippen molar-refractivity contribution in [2.75, 3.05) is 24.7 Å². The highest BCUT2D eigenvalue weighted by Gasteiger charge is 2.44. The van der Waals surface area contributed by atoms with Gasteiger partial charge in [0.1, 0.15) is 50.0 Å². The molecule has 23 heteroatoms. The van der Waals surface area contributed by atoms with Crippen molar-refractivity contribution in [2.45, 2.75) is 161 Å². The smallest absolute Gasteiger partial charge is 0.329 e. The number of esters is 2. The van der Waals surface area contributed by atoms with Crippen LogP contribution in [0.2, 0.25) is 0 Å². The molecule has 0 fully saturated rings. The molecule has 0 aromatic carbocycles. The molecule has 0 saturated heterocycles. The number of allylic oxidation sites excluding steroid dienone is 2. The molecule has 6 heterocycles. The summed E-state index contributed by atoms with van der Waals surface area (Å²) in [7, 11) is 0. The first-order valence-electron chi connectivity index (χ1n) is 24.8. The van der Waals surface area contributed by atoms with Gasteiger partial charge in [0.15, 0.2) is 27.6 Å². The van der Waals surface area contributed by atoms with Crippen molar-refractivity contribution in [1.29, 1.82) is 0 Å². The van der Waals surface area contributed by atoms with Gasteiger partial charge in [-0.2, -0.15) is 12.6 Å². The van der Waals surface area contributed by atoms with Crippen molar-refractivity contribution in [2.24, 2.45) is 21.8 Å². The summed E-state index contributed by atoms with van der Waals surface area (Å²) in [6.07, 6.45) is 15.1. The molecule has 0 saturated carbocycles. The number of hydrogen-bond acceptors (Lipinski definition) is 19. The van der Waals surface area contributed by atoms with Crippen LogP contribution in [0.3, 0.4) is 0 Å². The first kappa shape index (κ1) is 57.9. The number of amides is 4. The Balaban J connectivity index is 0.000000279. The summed E-state index contributed by atoms with van der Waals surface area (Å²) >= 11 is 5.45. The molecular weight excluding hydrogens is 985 g/mol. The third-order valence-electron chi connectivity index (χ3n) is 11.8. The number of carbonyl (C=O) groups excluding carboxylic acids is 7. The molecule has 6 rings (SSSR count). The molecule has 0 unspecified atom stereocenters. The number of carbonyl (C=O) groups is 7. The summed E-state index contributed by atoms with van der Waals surface area (Å²) in [6, 6.07) is -1.89. The Kier molecular flexibility index (Phi) is 22.1. The van der Waals surface area contributed by atoms with Crippen LogP contribution in [0.15, 0.2) is 55.6 Å². The van der Waals surface area contributed by atoms with Gasteiger partial charge >= 0.3 is 11.9 Å². The number of cyclic esters (lactones) is 2. The number of hydrogen-bond donors (Lipinski definition) is 5. The van der Waals surface area contributed by atoms with Gasteiger partial charge < -0.3 is 49.0 Å². The van der Waals surface area contributed by atoms with E-state index in [-0.39, 0.29) is 91.5 Å². The van der Waals surface area contributed by atoms with Crippen LogP contribution in [-0.4, -0.2) is 123 Å². The second kappa shape index (κ2) is 27.9. The monoisotopic (exact) mass is 1050 g/mol. The Hall–Kier alpha value is -5.97. The van der Waals surface area contributed by atoms with E-state index in [0.29, 0.717) is 42.2 Å². The van der Waals surface area contributed by atoms with Gasteiger partial charge in [-0.15, -0.1) is 0 Å². The zero-order chi connectivity index (χ0) is 53.1. The molecule has 2 aromatic rings. The molecule has 4 N–H and O–H groups in total. The number of unbranched alkanes of at least 4 members (excludes halogenated alkanes) is 4. The lowest BCUT2D eigenvalue weighted by molar-refractivity contribution is -0.154. The highest BCUT2D eigenvalue weighted by molar-refractivity contribution is 8.13. The maximum absolute atomic E-state index is 13.2. The molecule has 73 heavy (non-hydrogen) atoms. The molecule has 0 spiro atoms. The van der Waals surface area contributed by atoms with E-state index in [1.165, 1.54) is 37.1 Å². The fourth-order valence-corrected chi connectivity index (χ4v) is 8.34. The van der Waals surface area contributed by atoms with Gasteiger partial charge in [0.2, 0.25) is 35.4 Å². The SMILES string of the molecule is CC(C)[C@@H]1NC(=O)[C@]2(C)COC(=N2)c2coc(n2)CNC(=O)C[C@@H](/C=C/CCS)OC1=O.CCCCCCCC(=O)SCC/C=C/[C@@H]1CC(=O)NCc2nc(co2)C2=N[C@@](C)(CO2)C(=O)N[C@@H](C(C)C)C(=O)O1. The molecule has 400 valence electrons. The number of thioether (sulfide) groups is 1. The summed E-state index contributed by atoms with van der Waals surface area (Å²) in [5, 5.41) is 11.1. The predicted molar refractivity (Wildman–Crippen MR) is 273 cm³/mol. The van der Waals surface area contributed by atoms with Gasteiger partial charge in [-0.1, -0.05) is 84.2 Å². The normalized spacial score (nSPS) is 25.1. The van der Waals surface area contributed by atoms with E-state index in [2.05, 4.69) is 60.8 Å². The zero-order valence-corrected chi connectivity index (χ0v) is 44.4. The number of nitrogens with zero attached hydrogens (tertiary/aromatic N) is 4. The molecule has 6 atom stereocenters. The fourth-order valence-electron chi connectivity index (χ4n) is 7.42. The van der Waals surface area contributed by atoms with Crippen molar-refractivity contribution in [3.63, 3.8) is 0 Å². The Morgan fingerprint density at radius 1 is 0.726 bits per heavy atom. The number of fused-ring (bicyclic) bond motifs is 8. The molecule has 21 nitrogen and oxygen atoms in total. The lowest BCUT2D eigenvalue weighted by Gasteiger charge is -2.26. The standard InChI is InChI=1S/C29H42N4O7S.C21H28N4O6S/c1-5-6-7-8-9-13-24(35)41-14-11-10-12-20-15-22(34)30-16-23-31-21(17-38-23)26-33-29(4,18-39-26)28(37)32-25(19(2)3)27(36)40-20;1-12(2)17-19(27)31-13(6-4-5-7-32)8-15(26)22-9-16-23-14(10-29-16)18-25-21(3,11-30-18)20(28)24-17/h10,12,17,19-20,25H,5-9,11,13-16,18H2,1-4H3,(H,30,34)(H,32,37);4,6,10,12-13,17,32H,5,7-9,11H2,1-3H3,(H,22,26)(H,24,28)/b12-10+;6-4+/t20-,25+,29+;13-,17+,21+/m11/s1.